The number of hydrogen-bond donors (Lipinski definition) is 2. The second kappa shape index (κ2) is 6.76. The standard InChI is InChI=1S/C14H16F3N3O5S/c1-4-26(23,24)19-20-12(21)9-5-8(7(2)25-3)10(14(15,16)17)6-11(9)18-13(20)22/h5-7,19H,4H2,1-3H3,(H,18,22). The molecule has 8 nitrogen and oxygen atoms in total. The Morgan fingerprint density at radius 1 is 1.31 bits per heavy atom. The topological polar surface area (TPSA) is 110 Å². The number of fused-ring (bicyclic) bond motifs is 1. The summed E-state index contributed by atoms with van der Waals surface area (Å²) < 4.78 is 68.3. The molecule has 144 valence electrons. The van der Waals surface area contributed by atoms with Crippen molar-refractivity contribution in [2.45, 2.75) is 26.1 Å². The normalized spacial score (nSPS) is 13.8. The maximum absolute atomic E-state index is 13.3. The molecule has 0 bridgehead atoms. The summed E-state index contributed by atoms with van der Waals surface area (Å²) in [7, 11) is -2.76. The molecule has 0 aliphatic carbocycles. The zero-order chi connectivity index (χ0) is 19.9. The minimum absolute atomic E-state index is 0.204. The van der Waals surface area contributed by atoms with E-state index >= 15 is 0 Å². The van der Waals surface area contributed by atoms with Gasteiger partial charge in [0.05, 0.1) is 28.3 Å². The van der Waals surface area contributed by atoms with Gasteiger partial charge in [-0.2, -0.15) is 17.8 Å². The summed E-state index contributed by atoms with van der Waals surface area (Å²) in [5, 5.41) is -0.296. The molecule has 0 amide bonds. The highest BCUT2D eigenvalue weighted by molar-refractivity contribution is 7.92. The van der Waals surface area contributed by atoms with Crippen molar-refractivity contribution in [3.05, 3.63) is 44.1 Å². The Morgan fingerprint density at radius 3 is 2.42 bits per heavy atom. The van der Waals surface area contributed by atoms with Crippen molar-refractivity contribution in [1.29, 1.82) is 0 Å². The van der Waals surface area contributed by atoms with Crippen LogP contribution in [0.25, 0.3) is 10.9 Å². The van der Waals surface area contributed by atoms with Gasteiger partial charge in [-0.15, -0.1) is 0 Å². The highest BCUT2D eigenvalue weighted by atomic mass is 32.2. The molecule has 0 saturated carbocycles. The lowest BCUT2D eigenvalue weighted by Crippen LogP contribution is -2.44. The number of halogens is 3. The summed E-state index contributed by atoms with van der Waals surface area (Å²) in [5.41, 5.74) is -4.06. The number of methoxy groups -OCH3 is 1. The Hall–Kier alpha value is -2.34. The molecule has 1 aromatic heterocycles. The number of nitrogens with zero attached hydrogens (tertiary/aromatic N) is 1. The molecule has 1 atom stereocenters. The zero-order valence-electron chi connectivity index (χ0n) is 14.0. The third kappa shape index (κ3) is 3.75. The number of benzene rings is 1. The predicted molar refractivity (Wildman–Crippen MR) is 88.1 cm³/mol. The van der Waals surface area contributed by atoms with Crippen LogP contribution in [0.1, 0.15) is 31.1 Å². The third-order valence-electron chi connectivity index (χ3n) is 3.78. The molecule has 0 aliphatic heterocycles. The van der Waals surface area contributed by atoms with E-state index in [0.717, 1.165) is 6.07 Å². The van der Waals surface area contributed by atoms with Crippen LogP contribution in [0, 0.1) is 0 Å². The first-order valence-electron chi connectivity index (χ1n) is 7.34. The minimum atomic E-state index is -4.74. The van der Waals surface area contributed by atoms with Gasteiger partial charge in [0.15, 0.2) is 0 Å². The lowest BCUT2D eigenvalue weighted by Gasteiger charge is -2.18. The summed E-state index contributed by atoms with van der Waals surface area (Å²) in [4.78, 5) is 28.3. The van der Waals surface area contributed by atoms with Crippen molar-refractivity contribution in [3.63, 3.8) is 0 Å². The number of aromatic nitrogens is 2. The Morgan fingerprint density at radius 2 is 1.92 bits per heavy atom. The molecule has 0 radical (unpaired) electrons. The van der Waals surface area contributed by atoms with Gasteiger partial charge in [-0.25, -0.2) is 18.0 Å². The van der Waals surface area contributed by atoms with Gasteiger partial charge >= 0.3 is 11.9 Å². The number of alkyl halides is 3. The number of aromatic amines is 1. The Kier molecular flexibility index (Phi) is 5.19. The second-order valence-corrected chi connectivity index (χ2v) is 7.42. The quantitative estimate of drug-likeness (QED) is 0.793. The summed E-state index contributed by atoms with van der Waals surface area (Å²) >= 11 is 0. The van der Waals surface area contributed by atoms with Crippen LogP contribution in [0.15, 0.2) is 21.7 Å². The molecule has 12 heteroatoms. The van der Waals surface area contributed by atoms with Crippen LogP contribution >= 0.6 is 0 Å². The van der Waals surface area contributed by atoms with E-state index in [9.17, 15) is 31.2 Å². The minimum Gasteiger partial charge on any atom is -0.377 e. The van der Waals surface area contributed by atoms with Crippen molar-refractivity contribution >= 4 is 20.9 Å². The number of rotatable bonds is 5. The average molecular weight is 395 g/mol. The molecule has 0 saturated heterocycles. The lowest BCUT2D eigenvalue weighted by molar-refractivity contribution is -0.139. The van der Waals surface area contributed by atoms with Crippen LogP contribution in [0.2, 0.25) is 0 Å². The van der Waals surface area contributed by atoms with Gasteiger partial charge in [0.25, 0.3) is 5.56 Å². The molecule has 1 heterocycles. The van der Waals surface area contributed by atoms with Crippen molar-refractivity contribution in [3.8, 4) is 0 Å². The number of sulfonamides is 1. The molecule has 1 unspecified atom stereocenters. The summed E-state index contributed by atoms with van der Waals surface area (Å²) in [6.07, 6.45) is -5.74. The van der Waals surface area contributed by atoms with Gasteiger partial charge in [-0.1, -0.05) is 0 Å². The van der Waals surface area contributed by atoms with Crippen molar-refractivity contribution < 1.29 is 26.3 Å². The van der Waals surface area contributed by atoms with Crippen LogP contribution in [0.3, 0.4) is 0 Å². The van der Waals surface area contributed by atoms with E-state index in [1.807, 2.05) is 0 Å². The number of H-pyrrole nitrogens is 1. The van der Waals surface area contributed by atoms with Gasteiger partial charge in [-0.05, 0) is 31.5 Å². The summed E-state index contributed by atoms with van der Waals surface area (Å²) in [6, 6.07) is 1.56. The van der Waals surface area contributed by atoms with Crippen LogP contribution in [0.5, 0.6) is 0 Å². The van der Waals surface area contributed by atoms with E-state index in [-0.39, 0.29) is 21.1 Å². The van der Waals surface area contributed by atoms with E-state index in [1.165, 1.54) is 21.0 Å². The Balaban J connectivity index is 2.86. The number of ether oxygens (including phenoxy) is 1. The van der Waals surface area contributed by atoms with Gasteiger partial charge < -0.3 is 9.72 Å². The maximum atomic E-state index is 13.3. The molecule has 2 N–H and O–H groups in total. The average Bonchev–Trinajstić information content (AvgIpc) is 2.56. The van der Waals surface area contributed by atoms with Gasteiger partial charge in [0, 0.05) is 7.11 Å². The van der Waals surface area contributed by atoms with E-state index in [1.54, 1.807) is 4.83 Å². The van der Waals surface area contributed by atoms with E-state index in [4.69, 9.17) is 4.74 Å². The van der Waals surface area contributed by atoms with E-state index in [2.05, 4.69) is 4.98 Å². The first kappa shape index (κ1) is 20.0. The van der Waals surface area contributed by atoms with Crippen LogP contribution < -0.4 is 16.1 Å². The monoisotopic (exact) mass is 395 g/mol. The fraction of sp³-hybridized carbons (Fsp3) is 0.429. The van der Waals surface area contributed by atoms with Crippen molar-refractivity contribution in [2.75, 3.05) is 17.7 Å². The fourth-order valence-electron chi connectivity index (χ4n) is 2.28. The molecule has 0 fully saturated rings. The SMILES string of the molecule is CCS(=O)(=O)Nn1c(=O)[nH]c2cc(C(F)(F)F)c(C(C)OC)cc2c1=O. The number of nitrogens with one attached hydrogen (secondary N) is 2. The molecule has 0 aliphatic rings. The smallest absolute Gasteiger partial charge is 0.377 e. The summed E-state index contributed by atoms with van der Waals surface area (Å²) in [5.74, 6) is -0.407. The van der Waals surface area contributed by atoms with Gasteiger partial charge in [-0.3, -0.25) is 4.79 Å². The van der Waals surface area contributed by atoms with Crippen LogP contribution in [-0.2, 0) is 20.9 Å². The van der Waals surface area contributed by atoms with Gasteiger partial charge in [0.2, 0.25) is 10.0 Å². The van der Waals surface area contributed by atoms with E-state index < -0.39 is 44.9 Å². The highest BCUT2D eigenvalue weighted by Gasteiger charge is 2.35. The molecule has 26 heavy (non-hydrogen) atoms. The van der Waals surface area contributed by atoms with Crippen molar-refractivity contribution in [1.82, 2.24) is 9.66 Å². The molecular weight excluding hydrogens is 379 g/mol. The Labute approximate surface area is 145 Å². The summed E-state index contributed by atoms with van der Waals surface area (Å²) in [6.45, 7) is 2.65. The van der Waals surface area contributed by atoms with Crippen LogP contribution in [-0.4, -0.2) is 30.9 Å². The largest absolute Gasteiger partial charge is 0.416 e. The molecular formula is C14H16F3N3O5S. The fourth-order valence-corrected chi connectivity index (χ4v) is 2.85. The number of hydrogen-bond acceptors (Lipinski definition) is 5. The maximum Gasteiger partial charge on any atom is 0.416 e. The zero-order valence-corrected chi connectivity index (χ0v) is 14.8. The predicted octanol–water partition coefficient (Wildman–Crippen LogP) is 1.31. The first-order valence-corrected chi connectivity index (χ1v) is 9.00. The van der Waals surface area contributed by atoms with E-state index in [0.29, 0.717) is 6.07 Å². The third-order valence-corrected chi connectivity index (χ3v) is 5.00. The van der Waals surface area contributed by atoms with Crippen LogP contribution in [0.4, 0.5) is 13.2 Å². The Bertz CT molecular complexity index is 1060. The first-order chi connectivity index (χ1) is 11.9. The molecule has 1 aromatic carbocycles. The second-order valence-electron chi connectivity index (χ2n) is 5.43. The molecule has 0 spiro atoms. The molecule has 2 rings (SSSR count). The molecule has 2 aromatic rings. The van der Waals surface area contributed by atoms with Crippen molar-refractivity contribution in [2.24, 2.45) is 0 Å². The van der Waals surface area contributed by atoms with Gasteiger partial charge in [0.1, 0.15) is 0 Å². The lowest BCUT2D eigenvalue weighted by atomic mass is 10.00. The highest BCUT2D eigenvalue weighted by Crippen LogP contribution is 2.36.